The number of thiophene rings is 1. The van der Waals surface area contributed by atoms with Gasteiger partial charge in [0.25, 0.3) is 0 Å². The Balaban J connectivity index is 2.50. The molecule has 0 fully saturated rings. The largest absolute Gasteiger partial charge is 0.493 e. The lowest BCUT2D eigenvalue weighted by atomic mass is 10.1. The second kappa shape index (κ2) is 6.63. The van der Waals surface area contributed by atoms with E-state index in [2.05, 4.69) is 6.92 Å². The van der Waals surface area contributed by atoms with Gasteiger partial charge in [-0.15, -0.1) is 11.3 Å². The third-order valence-corrected chi connectivity index (χ3v) is 4.41. The quantitative estimate of drug-likeness (QED) is 0.765. The van der Waals surface area contributed by atoms with E-state index >= 15 is 0 Å². The van der Waals surface area contributed by atoms with E-state index in [1.807, 2.05) is 12.1 Å². The molecule has 21 heavy (non-hydrogen) atoms. The molecule has 5 heteroatoms. The third kappa shape index (κ3) is 2.88. The first kappa shape index (κ1) is 15.4. The van der Waals surface area contributed by atoms with Gasteiger partial charge in [-0.1, -0.05) is 6.92 Å². The highest BCUT2D eigenvalue weighted by atomic mass is 32.1. The maximum absolute atomic E-state index is 12.7. The fourth-order valence-corrected chi connectivity index (χ4v) is 3.00. The highest BCUT2D eigenvalue weighted by molar-refractivity contribution is 7.14. The summed E-state index contributed by atoms with van der Waals surface area (Å²) < 4.78 is 15.9. The zero-order valence-electron chi connectivity index (χ0n) is 12.6. The van der Waals surface area contributed by atoms with Crippen LogP contribution in [0.4, 0.5) is 0 Å². The highest BCUT2D eigenvalue weighted by Crippen LogP contribution is 2.40. The molecule has 2 aromatic rings. The molecule has 1 heterocycles. The van der Waals surface area contributed by atoms with Gasteiger partial charge in [-0.05, 0) is 30.7 Å². The first-order valence-corrected chi connectivity index (χ1v) is 7.40. The van der Waals surface area contributed by atoms with Gasteiger partial charge >= 0.3 is 0 Å². The van der Waals surface area contributed by atoms with Crippen LogP contribution in [-0.4, -0.2) is 27.1 Å². The smallest absolute Gasteiger partial charge is 0.206 e. The number of hydrogen-bond donors (Lipinski definition) is 0. The Morgan fingerprint density at radius 3 is 2.24 bits per heavy atom. The van der Waals surface area contributed by atoms with Crippen molar-refractivity contribution in [3.8, 4) is 17.2 Å². The molecule has 0 saturated heterocycles. The molecule has 0 radical (unpaired) electrons. The third-order valence-electron chi connectivity index (χ3n) is 3.18. The molecule has 1 aromatic heterocycles. The van der Waals surface area contributed by atoms with Crippen LogP contribution in [0, 0.1) is 0 Å². The van der Waals surface area contributed by atoms with E-state index in [1.165, 1.54) is 30.4 Å². The number of carbonyl (C=O) groups is 1. The molecule has 0 N–H and O–H groups in total. The summed E-state index contributed by atoms with van der Waals surface area (Å²) in [5.41, 5.74) is 0.472. The van der Waals surface area contributed by atoms with Crippen molar-refractivity contribution in [3.05, 3.63) is 39.6 Å². The molecule has 4 nitrogen and oxygen atoms in total. The van der Waals surface area contributed by atoms with E-state index < -0.39 is 0 Å². The topological polar surface area (TPSA) is 44.8 Å². The van der Waals surface area contributed by atoms with Gasteiger partial charge in [0.15, 0.2) is 11.5 Å². The van der Waals surface area contributed by atoms with Crippen LogP contribution in [0.15, 0.2) is 24.3 Å². The van der Waals surface area contributed by atoms with Crippen LogP contribution in [0.25, 0.3) is 0 Å². The maximum Gasteiger partial charge on any atom is 0.206 e. The molecule has 0 unspecified atom stereocenters. The fraction of sp³-hybridized carbons (Fsp3) is 0.312. The van der Waals surface area contributed by atoms with E-state index in [-0.39, 0.29) is 5.78 Å². The molecule has 2 rings (SSSR count). The summed E-state index contributed by atoms with van der Waals surface area (Å²) in [6.45, 7) is 2.07. The number of methoxy groups -OCH3 is 3. The van der Waals surface area contributed by atoms with Crippen LogP contribution in [0.3, 0.4) is 0 Å². The Hall–Kier alpha value is -2.01. The second-order valence-corrected chi connectivity index (χ2v) is 5.50. The Labute approximate surface area is 128 Å². The van der Waals surface area contributed by atoms with E-state index in [0.29, 0.717) is 27.7 Å². The molecule has 0 bridgehead atoms. The molecular formula is C16H18O4S. The normalized spacial score (nSPS) is 10.3. The Kier molecular flexibility index (Phi) is 4.85. The lowest BCUT2D eigenvalue weighted by molar-refractivity contribution is 0.103. The summed E-state index contributed by atoms with van der Waals surface area (Å²) in [5, 5.41) is 0. The van der Waals surface area contributed by atoms with Gasteiger partial charge in [-0.3, -0.25) is 4.79 Å². The Bertz CT molecular complexity index is 646. The minimum Gasteiger partial charge on any atom is -0.493 e. The van der Waals surface area contributed by atoms with Gasteiger partial charge in [-0.2, -0.15) is 0 Å². The second-order valence-electron chi connectivity index (χ2n) is 4.33. The predicted octanol–water partition coefficient (Wildman–Crippen LogP) is 3.57. The first-order valence-electron chi connectivity index (χ1n) is 6.58. The average molecular weight is 306 g/mol. The van der Waals surface area contributed by atoms with Gasteiger partial charge in [-0.25, -0.2) is 0 Å². The zero-order chi connectivity index (χ0) is 15.4. The van der Waals surface area contributed by atoms with Crippen LogP contribution >= 0.6 is 11.3 Å². The van der Waals surface area contributed by atoms with Crippen LogP contribution in [-0.2, 0) is 6.42 Å². The van der Waals surface area contributed by atoms with Gasteiger partial charge in [0, 0.05) is 4.88 Å². The molecule has 0 amide bonds. The van der Waals surface area contributed by atoms with Crippen molar-refractivity contribution in [3.63, 3.8) is 0 Å². The van der Waals surface area contributed by atoms with Crippen molar-refractivity contribution < 1.29 is 19.0 Å². The fourth-order valence-electron chi connectivity index (χ4n) is 2.10. The number of ketones is 1. The van der Waals surface area contributed by atoms with Gasteiger partial charge in [0.2, 0.25) is 11.5 Å². The monoisotopic (exact) mass is 306 g/mol. The predicted molar refractivity (Wildman–Crippen MR) is 83.2 cm³/mol. The number of hydrogen-bond acceptors (Lipinski definition) is 5. The Morgan fingerprint density at radius 2 is 1.71 bits per heavy atom. The molecule has 1 aromatic carbocycles. The summed E-state index contributed by atoms with van der Waals surface area (Å²) in [5.74, 6) is 1.29. The summed E-state index contributed by atoms with van der Waals surface area (Å²) >= 11 is 1.50. The molecule has 0 aliphatic rings. The molecular weight excluding hydrogens is 288 g/mol. The van der Waals surface area contributed by atoms with E-state index in [9.17, 15) is 4.79 Å². The van der Waals surface area contributed by atoms with Crippen LogP contribution in [0.5, 0.6) is 17.2 Å². The molecule has 112 valence electrons. The SMILES string of the molecule is CCc1ccc(C(=O)c2ccc(OC)c(OC)c2OC)s1. The number of carbonyl (C=O) groups excluding carboxylic acids is 1. The molecule has 0 spiro atoms. The summed E-state index contributed by atoms with van der Waals surface area (Å²) in [6.07, 6.45) is 0.918. The average Bonchev–Trinajstić information content (AvgIpc) is 3.01. The van der Waals surface area contributed by atoms with Crippen molar-refractivity contribution in [1.29, 1.82) is 0 Å². The number of benzene rings is 1. The minimum absolute atomic E-state index is 0.0718. The zero-order valence-corrected chi connectivity index (χ0v) is 13.4. The van der Waals surface area contributed by atoms with E-state index in [0.717, 1.165) is 6.42 Å². The molecule has 0 aliphatic carbocycles. The highest BCUT2D eigenvalue weighted by Gasteiger charge is 2.22. The van der Waals surface area contributed by atoms with Crippen molar-refractivity contribution in [2.45, 2.75) is 13.3 Å². The van der Waals surface area contributed by atoms with Crippen LogP contribution in [0.1, 0.15) is 27.0 Å². The van der Waals surface area contributed by atoms with Crippen LogP contribution in [0.2, 0.25) is 0 Å². The van der Waals surface area contributed by atoms with Crippen molar-refractivity contribution in [1.82, 2.24) is 0 Å². The van der Waals surface area contributed by atoms with Gasteiger partial charge in [0.1, 0.15) is 0 Å². The number of rotatable bonds is 6. The summed E-state index contributed by atoms with van der Waals surface area (Å²) in [6, 6.07) is 7.24. The van der Waals surface area contributed by atoms with Gasteiger partial charge in [0.05, 0.1) is 31.8 Å². The minimum atomic E-state index is -0.0718. The lowest BCUT2D eigenvalue weighted by Gasteiger charge is -2.14. The molecule has 0 aliphatic heterocycles. The van der Waals surface area contributed by atoms with Crippen molar-refractivity contribution in [2.75, 3.05) is 21.3 Å². The number of aryl methyl sites for hydroxylation is 1. The van der Waals surface area contributed by atoms with Crippen molar-refractivity contribution >= 4 is 17.1 Å². The van der Waals surface area contributed by atoms with Crippen LogP contribution < -0.4 is 14.2 Å². The molecule has 0 saturated carbocycles. The number of ether oxygens (including phenoxy) is 3. The lowest BCUT2D eigenvalue weighted by Crippen LogP contribution is -2.04. The standard InChI is InChI=1S/C16H18O4S/c1-5-10-6-9-13(21-10)14(17)11-7-8-12(18-2)16(20-4)15(11)19-3/h6-9H,5H2,1-4H3. The van der Waals surface area contributed by atoms with Crippen molar-refractivity contribution in [2.24, 2.45) is 0 Å². The summed E-state index contributed by atoms with van der Waals surface area (Å²) in [7, 11) is 4.58. The van der Waals surface area contributed by atoms with Gasteiger partial charge < -0.3 is 14.2 Å². The first-order chi connectivity index (χ1) is 10.2. The van der Waals surface area contributed by atoms with E-state index in [1.54, 1.807) is 19.2 Å². The van der Waals surface area contributed by atoms with E-state index in [4.69, 9.17) is 14.2 Å². The Morgan fingerprint density at radius 1 is 1.00 bits per heavy atom. The molecule has 0 atom stereocenters. The maximum atomic E-state index is 12.7. The summed E-state index contributed by atoms with van der Waals surface area (Å²) in [4.78, 5) is 14.5.